The topological polar surface area (TPSA) is 53.1 Å². The lowest BCUT2D eigenvalue weighted by atomic mass is 10.2. The van der Waals surface area contributed by atoms with Gasteiger partial charge in [-0.2, -0.15) is 0 Å². The highest BCUT2D eigenvalue weighted by Crippen LogP contribution is 2.17. The molecule has 0 saturated carbocycles. The Bertz CT molecular complexity index is 404. The first-order valence-corrected chi connectivity index (χ1v) is 2.92. The molecule has 3 nitrogen and oxygen atoms in total. The van der Waals surface area contributed by atoms with E-state index in [0.29, 0.717) is 10.9 Å². The highest BCUT2D eigenvalue weighted by Gasteiger charge is 2.00. The van der Waals surface area contributed by atoms with Gasteiger partial charge in [0.2, 0.25) is 0 Å². The van der Waals surface area contributed by atoms with E-state index < -0.39 is 0 Å². The second-order valence-electron chi connectivity index (χ2n) is 2.19. The summed E-state index contributed by atoms with van der Waals surface area (Å²) in [6.07, 6.45) is 0. The molecule has 2 bridgehead atoms. The number of fused-ring (bicyclic) bond motifs is 3. The fourth-order valence-electron chi connectivity index (χ4n) is 0.973. The maximum absolute atomic E-state index is 10.8. The number of phenols is 1. The van der Waals surface area contributed by atoms with Crippen molar-refractivity contribution in [3.63, 3.8) is 0 Å². The number of aromatic nitrogens is 1. The Hall–Kier alpha value is -1.51. The van der Waals surface area contributed by atoms with Gasteiger partial charge in [-0.25, -0.2) is 0 Å². The van der Waals surface area contributed by atoms with E-state index in [4.69, 9.17) is 5.11 Å². The van der Waals surface area contributed by atoms with Crippen molar-refractivity contribution in [3.05, 3.63) is 28.6 Å². The number of hydrogen-bond acceptors (Lipinski definition) is 2. The van der Waals surface area contributed by atoms with Crippen LogP contribution in [0, 0.1) is 0 Å². The number of pyridine rings is 2. The quantitative estimate of drug-likeness (QED) is 0.557. The molecule has 2 aromatic heterocycles. The minimum Gasteiger partial charge on any atom is -0.506 e. The van der Waals surface area contributed by atoms with E-state index >= 15 is 0 Å². The van der Waals surface area contributed by atoms with Crippen LogP contribution < -0.4 is 5.56 Å². The SMILES string of the molecule is O=c1[nH]c2ccc1cc2O. The van der Waals surface area contributed by atoms with Crippen LogP contribution in [0.1, 0.15) is 0 Å². The molecule has 0 aliphatic rings. The van der Waals surface area contributed by atoms with Crippen molar-refractivity contribution in [2.24, 2.45) is 0 Å². The Morgan fingerprint density at radius 3 is 2.50 bits per heavy atom. The average molecular weight is 135 g/mol. The molecule has 0 fully saturated rings. The first-order valence-electron chi connectivity index (χ1n) is 2.92. The van der Waals surface area contributed by atoms with Crippen molar-refractivity contribution < 1.29 is 5.11 Å². The molecule has 0 unspecified atom stereocenters. The molecule has 3 rings (SSSR count). The van der Waals surface area contributed by atoms with E-state index in [2.05, 4.69) is 4.98 Å². The van der Waals surface area contributed by atoms with Gasteiger partial charge in [0, 0.05) is 5.39 Å². The zero-order valence-electron chi connectivity index (χ0n) is 5.09. The summed E-state index contributed by atoms with van der Waals surface area (Å²) >= 11 is 0. The van der Waals surface area contributed by atoms with Gasteiger partial charge in [0.05, 0.1) is 5.52 Å². The van der Waals surface area contributed by atoms with Gasteiger partial charge < -0.3 is 10.1 Å². The van der Waals surface area contributed by atoms with E-state index in [9.17, 15) is 4.79 Å². The molecule has 0 amide bonds. The Morgan fingerprint density at radius 2 is 2.20 bits per heavy atom. The number of nitrogens with one attached hydrogen (secondary N) is 1. The smallest absolute Gasteiger partial charge is 0.255 e. The lowest BCUT2D eigenvalue weighted by molar-refractivity contribution is 0.480. The van der Waals surface area contributed by atoms with Crippen molar-refractivity contribution in [2.45, 2.75) is 0 Å². The third-order valence-electron chi connectivity index (χ3n) is 1.51. The Morgan fingerprint density at radius 1 is 1.40 bits per heavy atom. The molecule has 0 aliphatic heterocycles. The Labute approximate surface area is 56.3 Å². The zero-order chi connectivity index (χ0) is 7.14. The fourth-order valence-corrected chi connectivity index (χ4v) is 0.973. The van der Waals surface area contributed by atoms with Gasteiger partial charge in [-0.05, 0) is 18.2 Å². The van der Waals surface area contributed by atoms with Crippen molar-refractivity contribution in [3.8, 4) is 5.75 Å². The minimum atomic E-state index is -0.143. The predicted molar refractivity (Wildman–Crippen MR) is 37.4 cm³/mol. The van der Waals surface area contributed by atoms with Crippen molar-refractivity contribution in [2.75, 3.05) is 0 Å². The van der Waals surface area contributed by atoms with E-state index in [1.54, 1.807) is 12.1 Å². The zero-order valence-corrected chi connectivity index (χ0v) is 5.09. The Kier molecular flexibility index (Phi) is 0.795. The van der Waals surface area contributed by atoms with Crippen LogP contribution in [-0.2, 0) is 0 Å². The van der Waals surface area contributed by atoms with E-state index in [1.165, 1.54) is 6.07 Å². The van der Waals surface area contributed by atoms with Crippen LogP contribution in [0.5, 0.6) is 5.75 Å². The van der Waals surface area contributed by atoms with Crippen LogP contribution in [0.4, 0.5) is 0 Å². The molecule has 0 saturated heterocycles. The van der Waals surface area contributed by atoms with Crippen molar-refractivity contribution in [1.82, 2.24) is 4.98 Å². The summed E-state index contributed by atoms with van der Waals surface area (Å²) in [4.78, 5) is 13.3. The van der Waals surface area contributed by atoms with Gasteiger partial charge in [0.15, 0.2) is 0 Å². The summed E-state index contributed by atoms with van der Waals surface area (Å²) in [5, 5.41) is 9.56. The molecule has 2 N–H and O–H groups in total. The minimum absolute atomic E-state index is 0.136. The standard InChI is InChI=1S/C7H5NO2/c9-6-3-4-1-2-5(6)8-7(4)10/h1-3,9H,(H,8,10). The van der Waals surface area contributed by atoms with Crippen LogP contribution in [-0.4, -0.2) is 10.1 Å². The van der Waals surface area contributed by atoms with Gasteiger partial charge in [-0.1, -0.05) is 0 Å². The number of aromatic amines is 1. The molecular formula is C7H5NO2. The highest BCUT2D eigenvalue weighted by atomic mass is 16.3. The van der Waals surface area contributed by atoms with Gasteiger partial charge in [0.1, 0.15) is 5.75 Å². The third kappa shape index (κ3) is 0.515. The predicted octanol–water partition coefficient (Wildman–Crippen LogP) is 0.671. The van der Waals surface area contributed by atoms with Crippen molar-refractivity contribution >= 4 is 10.9 Å². The number of rotatable bonds is 0. The van der Waals surface area contributed by atoms with Crippen LogP contribution >= 0.6 is 0 Å². The van der Waals surface area contributed by atoms with Gasteiger partial charge >= 0.3 is 0 Å². The normalized spacial score (nSPS) is 10.8. The maximum atomic E-state index is 10.8. The summed E-state index contributed by atoms with van der Waals surface area (Å²) in [5.41, 5.74) is 0.343. The molecule has 0 radical (unpaired) electrons. The van der Waals surface area contributed by atoms with Gasteiger partial charge in [0.25, 0.3) is 5.56 Å². The van der Waals surface area contributed by atoms with Gasteiger partial charge in [-0.15, -0.1) is 0 Å². The molecule has 3 aromatic rings. The second-order valence-corrected chi connectivity index (χ2v) is 2.19. The lowest BCUT2D eigenvalue weighted by Gasteiger charge is -1.98. The summed E-state index contributed by atoms with van der Waals surface area (Å²) < 4.78 is 0. The molecule has 0 aliphatic carbocycles. The molecule has 2 heterocycles. The molecular weight excluding hydrogens is 130 g/mol. The second kappa shape index (κ2) is 1.50. The van der Waals surface area contributed by atoms with E-state index in [0.717, 1.165) is 0 Å². The fraction of sp³-hybridized carbons (Fsp3) is 0. The van der Waals surface area contributed by atoms with Gasteiger partial charge in [-0.3, -0.25) is 4.79 Å². The van der Waals surface area contributed by atoms with Crippen molar-refractivity contribution in [1.29, 1.82) is 0 Å². The van der Waals surface area contributed by atoms with Crippen LogP contribution in [0.3, 0.4) is 0 Å². The number of aromatic hydroxyl groups is 1. The molecule has 0 spiro atoms. The monoisotopic (exact) mass is 135 g/mol. The van der Waals surface area contributed by atoms with E-state index in [1.807, 2.05) is 0 Å². The average Bonchev–Trinajstić information content (AvgIpc) is 1.91. The highest BCUT2D eigenvalue weighted by molar-refractivity contribution is 5.70. The number of benzene rings is 1. The van der Waals surface area contributed by atoms with Crippen LogP contribution in [0.15, 0.2) is 23.0 Å². The molecule has 3 heteroatoms. The summed E-state index contributed by atoms with van der Waals surface area (Å²) in [6, 6.07) is 4.80. The molecule has 1 aromatic carbocycles. The first-order chi connectivity index (χ1) is 4.77. The first kappa shape index (κ1) is 5.29. The number of H-pyrrole nitrogens is 1. The molecule has 50 valence electrons. The lowest BCUT2D eigenvalue weighted by Crippen LogP contribution is -2.06. The third-order valence-corrected chi connectivity index (χ3v) is 1.51. The number of hydrogen-bond donors (Lipinski definition) is 2. The van der Waals surface area contributed by atoms with Crippen LogP contribution in [0.25, 0.3) is 10.9 Å². The summed E-state index contributed by atoms with van der Waals surface area (Å²) in [6.45, 7) is 0. The van der Waals surface area contributed by atoms with E-state index in [-0.39, 0.29) is 11.3 Å². The molecule has 0 atom stereocenters. The van der Waals surface area contributed by atoms with Crippen LogP contribution in [0.2, 0.25) is 0 Å². The maximum Gasteiger partial charge on any atom is 0.255 e. The summed E-state index contributed by atoms with van der Waals surface area (Å²) in [5.74, 6) is 0.136. The Balaban J connectivity index is 3.09. The largest absolute Gasteiger partial charge is 0.506 e. The number of phenolic OH excluding ortho intramolecular Hbond substituents is 1. The summed E-state index contributed by atoms with van der Waals surface area (Å²) in [7, 11) is 0. The molecule has 10 heavy (non-hydrogen) atoms.